The molecule has 4 rings (SSSR count). The maximum atomic E-state index is 15.4. The number of nitrogens with one attached hydrogen (secondary N) is 2. The zero-order chi connectivity index (χ0) is 38.5. The van der Waals surface area contributed by atoms with Crippen molar-refractivity contribution in [1.29, 1.82) is 0 Å². The molecule has 1 saturated heterocycles. The lowest BCUT2D eigenvalue weighted by Gasteiger charge is -2.29. The molecule has 2 amide bonds. The van der Waals surface area contributed by atoms with Gasteiger partial charge in [0.25, 0.3) is 0 Å². The molecule has 12 heteroatoms. The molecule has 282 valence electrons. The Morgan fingerprint density at radius 1 is 1.09 bits per heavy atom. The number of allylic oxidation sites excluding steroid dienone is 6. The van der Waals surface area contributed by atoms with Crippen LogP contribution in [0.5, 0.6) is 11.5 Å². The molecule has 1 unspecified atom stereocenters. The summed E-state index contributed by atoms with van der Waals surface area (Å²) in [4.78, 5) is 43.1. The zero-order valence-electron chi connectivity index (χ0n) is 31.3. The van der Waals surface area contributed by atoms with Crippen LogP contribution >= 0.6 is 0 Å². The third-order valence-corrected chi connectivity index (χ3v) is 9.53. The van der Waals surface area contributed by atoms with E-state index in [1.54, 1.807) is 38.5 Å². The largest absolute Gasteiger partial charge is 0.453 e. The Balaban J connectivity index is 1.42. The number of carbonyl (C=O) groups excluding carboxylic acids is 2. The number of amides is 2. The topological polar surface area (TPSA) is 135 Å². The lowest BCUT2D eigenvalue weighted by molar-refractivity contribution is -0.140. The minimum Gasteiger partial charge on any atom is -0.453 e. The number of likely N-dealkylation sites (tertiary alicyclic amines) is 1. The number of pyridine rings is 2. The Morgan fingerprint density at radius 2 is 1.87 bits per heavy atom. The van der Waals surface area contributed by atoms with Crippen molar-refractivity contribution in [2.45, 2.75) is 85.2 Å². The van der Waals surface area contributed by atoms with Crippen LogP contribution in [-0.4, -0.2) is 58.1 Å². The van der Waals surface area contributed by atoms with Gasteiger partial charge in [0.1, 0.15) is 11.2 Å². The second-order valence-corrected chi connectivity index (χ2v) is 13.5. The van der Waals surface area contributed by atoms with Crippen LogP contribution in [0.1, 0.15) is 72.4 Å². The number of halogens is 2. The fourth-order valence-corrected chi connectivity index (χ4v) is 6.18. The molecule has 10 nitrogen and oxygen atoms in total. The number of benzene rings is 1. The Bertz CT molecular complexity index is 1900. The molecular weight excluding hydrogens is 676 g/mol. The Labute approximate surface area is 311 Å². The quantitative estimate of drug-likeness (QED) is 0.0819. The van der Waals surface area contributed by atoms with Crippen molar-refractivity contribution in [3.8, 4) is 11.5 Å². The molecular formula is C41H51F2N7O3. The highest BCUT2D eigenvalue weighted by Crippen LogP contribution is 2.33. The van der Waals surface area contributed by atoms with Gasteiger partial charge in [0.15, 0.2) is 11.6 Å². The van der Waals surface area contributed by atoms with Crippen LogP contribution < -0.4 is 21.1 Å². The van der Waals surface area contributed by atoms with Gasteiger partial charge >= 0.3 is 0 Å². The normalized spacial score (nSPS) is 16.5. The highest BCUT2D eigenvalue weighted by molar-refractivity contribution is 6.11. The standard InChI is InChI=1S/C41H51F2N7O3/c1-7-30(13-12-28(6)42)48-39(51)41(8-2,9-3)40(52)49-32-14-15-38(35(43)24-32)53-37-17-20-46-36-25-33(47-26-34(36)37)23-29(44)16-19-45-31-11-10-21-50(22-18-31)27(4)5/h7,12-17,19-20,24-27,31H,1,8-11,18,21-23,44H2,2-6H3,(H,48,51)(H,49,52)/b28-12+,29-16?,30-13+,45-19?. The van der Waals surface area contributed by atoms with Gasteiger partial charge in [-0.15, -0.1) is 0 Å². The number of nitrogens with zero attached hydrogens (tertiary/aromatic N) is 4. The van der Waals surface area contributed by atoms with Crippen LogP contribution in [0.25, 0.3) is 10.9 Å². The van der Waals surface area contributed by atoms with Gasteiger partial charge in [0, 0.05) is 66.5 Å². The van der Waals surface area contributed by atoms with Gasteiger partial charge < -0.3 is 26.0 Å². The third kappa shape index (κ3) is 10.9. The van der Waals surface area contributed by atoms with Gasteiger partial charge in [-0.05, 0) is 108 Å². The Kier molecular flexibility index (Phi) is 14.5. The predicted molar refractivity (Wildman–Crippen MR) is 208 cm³/mol. The second-order valence-electron chi connectivity index (χ2n) is 13.5. The van der Waals surface area contributed by atoms with E-state index >= 15 is 4.39 Å². The molecule has 0 bridgehead atoms. The SMILES string of the molecule is C=C/C(=C\C=C(/C)F)NC(=O)C(CC)(CC)C(=O)Nc1ccc(Oc2ccnc3cc(CC(N)=CC=NC4CCCN(C(C)C)CC4)ncc23)c(F)c1. The molecule has 3 aromatic rings. The van der Waals surface area contributed by atoms with E-state index in [-0.39, 0.29) is 30.0 Å². The van der Waals surface area contributed by atoms with E-state index in [9.17, 15) is 14.0 Å². The molecule has 1 fully saturated rings. The average Bonchev–Trinajstić information content (AvgIpc) is 3.38. The van der Waals surface area contributed by atoms with E-state index in [0.29, 0.717) is 46.5 Å². The minimum absolute atomic E-state index is 0.0800. The number of aromatic nitrogens is 2. The molecule has 1 aliphatic rings. The number of rotatable bonds is 15. The lowest BCUT2D eigenvalue weighted by atomic mass is 9.80. The molecule has 3 heterocycles. The first-order valence-electron chi connectivity index (χ1n) is 18.1. The number of aliphatic imine (C=N–C) groups is 1. The summed E-state index contributed by atoms with van der Waals surface area (Å²) in [5, 5.41) is 5.89. The molecule has 4 N–H and O–H groups in total. The summed E-state index contributed by atoms with van der Waals surface area (Å²) in [6.07, 6.45) is 14.7. The molecule has 1 atom stereocenters. The van der Waals surface area contributed by atoms with Gasteiger partial charge in [-0.1, -0.05) is 20.4 Å². The number of carbonyl (C=O) groups is 2. The van der Waals surface area contributed by atoms with Crippen molar-refractivity contribution in [2.24, 2.45) is 16.1 Å². The number of nitrogens with two attached hydrogens (primary N) is 1. The van der Waals surface area contributed by atoms with Crippen molar-refractivity contribution in [1.82, 2.24) is 20.2 Å². The van der Waals surface area contributed by atoms with Crippen molar-refractivity contribution < 1.29 is 23.1 Å². The monoisotopic (exact) mass is 727 g/mol. The molecule has 0 saturated carbocycles. The molecule has 0 aliphatic carbocycles. The summed E-state index contributed by atoms with van der Waals surface area (Å²) in [7, 11) is 0. The molecule has 1 aromatic carbocycles. The van der Waals surface area contributed by atoms with Crippen LogP contribution in [0, 0.1) is 11.2 Å². The van der Waals surface area contributed by atoms with Gasteiger partial charge in [-0.3, -0.25) is 24.5 Å². The van der Waals surface area contributed by atoms with Crippen LogP contribution in [0.4, 0.5) is 14.5 Å². The maximum Gasteiger partial charge on any atom is 0.240 e. The third-order valence-electron chi connectivity index (χ3n) is 9.53. The molecule has 1 aliphatic heterocycles. The van der Waals surface area contributed by atoms with Crippen LogP contribution in [0.15, 0.2) is 95.8 Å². The fourth-order valence-electron chi connectivity index (χ4n) is 6.18. The van der Waals surface area contributed by atoms with Gasteiger partial charge in [0.2, 0.25) is 11.8 Å². The molecule has 0 radical (unpaired) electrons. The number of ether oxygens (including phenoxy) is 1. The van der Waals surface area contributed by atoms with Crippen molar-refractivity contribution in [3.05, 3.63) is 102 Å². The second kappa shape index (κ2) is 19.0. The van der Waals surface area contributed by atoms with Crippen molar-refractivity contribution in [2.75, 3.05) is 18.4 Å². The number of hydrogen-bond acceptors (Lipinski definition) is 8. The summed E-state index contributed by atoms with van der Waals surface area (Å²) in [5.41, 5.74) is 7.15. The Hall–Kier alpha value is -5.23. The molecule has 2 aromatic heterocycles. The number of hydrogen-bond donors (Lipinski definition) is 3. The van der Waals surface area contributed by atoms with Crippen LogP contribution in [0.2, 0.25) is 0 Å². The van der Waals surface area contributed by atoms with E-state index in [1.165, 1.54) is 37.3 Å². The first kappa shape index (κ1) is 40.5. The first-order valence-corrected chi connectivity index (χ1v) is 18.1. The highest BCUT2D eigenvalue weighted by Gasteiger charge is 2.43. The van der Waals surface area contributed by atoms with Crippen LogP contribution in [0.3, 0.4) is 0 Å². The van der Waals surface area contributed by atoms with Crippen molar-refractivity contribution in [3.63, 3.8) is 0 Å². The molecule has 53 heavy (non-hydrogen) atoms. The number of anilines is 1. The summed E-state index contributed by atoms with van der Waals surface area (Å²) in [5.74, 6) is -2.13. The maximum absolute atomic E-state index is 15.4. The van der Waals surface area contributed by atoms with E-state index in [0.717, 1.165) is 38.4 Å². The fraction of sp³-hybridized carbons (Fsp3) is 0.390. The van der Waals surface area contributed by atoms with E-state index in [4.69, 9.17) is 15.5 Å². The van der Waals surface area contributed by atoms with Gasteiger partial charge in [-0.2, -0.15) is 0 Å². The van der Waals surface area contributed by atoms with E-state index in [1.807, 2.05) is 12.1 Å². The lowest BCUT2D eigenvalue weighted by Crippen LogP contribution is -2.48. The predicted octanol–water partition coefficient (Wildman–Crippen LogP) is 8.08. The summed E-state index contributed by atoms with van der Waals surface area (Å²) < 4.78 is 34.6. The summed E-state index contributed by atoms with van der Waals surface area (Å²) in [6, 6.07) is 8.28. The number of fused-ring (bicyclic) bond motifs is 1. The average molecular weight is 728 g/mol. The van der Waals surface area contributed by atoms with E-state index in [2.05, 4.69) is 45.9 Å². The van der Waals surface area contributed by atoms with Gasteiger partial charge in [0.05, 0.1) is 22.8 Å². The highest BCUT2D eigenvalue weighted by atomic mass is 19.1. The summed E-state index contributed by atoms with van der Waals surface area (Å²) in [6.45, 7) is 14.9. The molecule has 0 spiro atoms. The van der Waals surface area contributed by atoms with Gasteiger partial charge in [-0.25, -0.2) is 8.78 Å². The zero-order valence-corrected chi connectivity index (χ0v) is 31.3. The first-order chi connectivity index (χ1) is 25.4. The summed E-state index contributed by atoms with van der Waals surface area (Å²) >= 11 is 0. The Morgan fingerprint density at radius 3 is 2.55 bits per heavy atom. The van der Waals surface area contributed by atoms with Crippen molar-refractivity contribution >= 4 is 34.6 Å². The minimum atomic E-state index is -1.48. The van der Waals surface area contributed by atoms with Crippen LogP contribution in [-0.2, 0) is 16.0 Å². The van der Waals surface area contributed by atoms with E-state index < -0.39 is 28.9 Å². The smallest absolute Gasteiger partial charge is 0.240 e.